The van der Waals surface area contributed by atoms with E-state index in [1.54, 1.807) is 0 Å². The average Bonchev–Trinajstić information content (AvgIpc) is 1.69. The molecular weight excluding hydrogens is 168 g/mol. The second-order valence-corrected chi connectivity index (χ2v) is 1.55. The van der Waals surface area contributed by atoms with Gasteiger partial charge in [-0.25, -0.2) is 0 Å². The summed E-state index contributed by atoms with van der Waals surface area (Å²) in [6, 6.07) is 0. The Bertz CT molecular complexity index is 27.7. The number of ether oxygens (including phenoxy) is 1. The zero-order valence-electron chi connectivity index (χ0n) is 5.61. The van der Waals surface area contributed by atoms with Crippen LogP contribution in [-0.4, -0.2) is 13.2 Å². The minimum absolute atomic E-state index is 0. The Balaban J connectivity index is 0. The smallest absolute Gasteiger partial charge is 0.0465 e. The van der Waals surface area contributed by atoms with Gasteiger partial charge in [0.15, 0.2) is 0 Å². The van der Waals surface area contributed by atoms with Crippen molar-refractivity contribution in [3.8, 4) is 0 Å². The van der Waals surface area contributed by atoms with E-state index < -0.39 is 0 Å². The molecular formula is C6H14BrO-. The lowest BCUT2D eigenvalue weighted by molar-refractivity contribution is -0.00000252. The highest BCUT2D eigenvalue weighted by Crippen LogP contribution is 1.85. The first-order valence-corrected chi connectivity index (χ1v) is 2.99. The van der Waals surface area contributed by atoms with E-state index in [4.69, 9.17) is 4.74 Å². The minimum atomic E-state index is 0. The Labute approximate surface area is 62.2 Å². The predicted octanol–water partition coefficient (Wildman–Crippen LogP) is -1.17. The number of unbranched alkanes of at least 4 members (excludes halogenated alkanes) is 1. The number of rotatable bonds is 4. The standard InChI is InChI=1S/C6H14O.BrH/c1-3-5-6-7-4-2;/h3-6H2,1-2H3;1H/p-1. The SMILES string of the molecule is CCCCOCC.[Br-]. The van der Waals surface area contributed by atoms with Crippen LogP contribution in [0.4, 0.5) is 0 Å². The molecule has 0 radical (unpaired) electrons. The first-order chi connectivity index (χ1) is 3.41. The lowest BCUT2D eigenvalue weighted by Gasteiger charge is -1.94. The molecule has 1 nitrogen and oxygen atoms in total. The Hall–Kier alpha value is 0.440. The molecule has 8 heavy (non-hydrogen) atoms. The van der Waals surface area contributed by atoms with Gasteiger partial charge in [0.05, 0.1) is 0 Å². The third kappa shape index (κ3) is 9.67. The highest BCUT2D eigenvalue weighted by Gasteiger charge is 1.78. The van der Waals surface area contributed by atoms with Crippen LogP contribution in [0.1, 0.15) is 26.7 Å². The largest absolute Gasteiger partial charge is 1.00 e. The summed E-state index contributed by atoms with van der Waals surface area (Å²) in [5.74, 6) is 0. The number of hydrogen-bond acceptors (Lipinski definition) is 1. The highest BCUT2D eigenvalue weighted by atomic mass is 79.9. The van der Waals surface area contributed by atoms with Crippen molar-refractivity contribution in [1.29, 1.82) is 0 Å². The predicted molar refractivity (Wildman–Crippen MR) is 31.4 cm³/mol. The summed E-state index contributed by atoms with van der Waals surface area (Å²) in [6.07, 6.45) is 2.44. The molecule has 0 aromatic rings. The van der Waals surface area contributed by atoms with Gasteiger partial charge in [-0.15, -0.1) is 0 Å². The molecule has 0 aliphatic rings. The molecule has 0 aromatic heterocycles. The molecule has 0 unspecified atom stereocenters. The zero-order chi connectivity index (χ0) is 5.54. The molecule has 0 fully saturated rings. The normalized spacial score (nSPS) is 8.25. The molecule has 0 aliphatic heterocycles. The van der Waals surface area contributed by atoms with Crippen LogP contribution in [0.2, 0.25) is 0 Å². The van der Waals surface area contributed by atoms with Gasteiger partial charge in [-0.1, -0.05) is 13.3 Å². The van der Waals surface area contributed by atoms with Crippen molar-refractivity contribution >= 4 is 0 Å². The van der Waals surface area contributed by atoms with E-state index in [0.717, 1.165) is 13.2 Å². The van der Waals surface area contributed by atoms with Crippen molar-refractivity contribution in [2.45, 2.75) is 26.7 Å². The Morgan fingerprint density at radius 1 is 1.25 bits per heavy atom. The van der Waals surface area contributed by atoms with Crippen molar-refractivity contribution in [3.05, 3.63) is 0 Å². The van der Waals surface area contributed by atoms with Crippen LogP contribution >= 0.6 is 0 Å². The molecule has 2 heteroatoms. The first-order valence-electron chi connectivity index (χ1n) is 2.99. The van der Waals surface area contributed by atoms with Crippen LogP contribution in [0.25, 0.3) is 0 Å². The number of halogens is 1. The fourth-order valence-corrected chi connectivity index (χ4v) is 0.391. The van der Waals surface area contributed by atoms with Crippen LogP contribution in [-0.2, 0) is 4.74 Å². The highest BCUT2D eigenvalue weighted by molar-refractivity contribution is 4.28. The van der Waals surface area contributed by atoms with Crippen LogP contribution in [0.3, 0.4) is 0 Å². The van der Waals surface area contributed by atoms with E-state index in [2.05, 4.69) is 6.92 Å². The van der Waals surface area contributed by atoms with E-state index >= 15 is 0 Å². The van der Waals surface area contributed by atoms with E-state index in [1.807, 2.05) is 6.92 Å². The summed E-state index contributed by atoms with van der Waals surface area (Å²) < 4.78 is 5.07. The lowest BCUT2D eigenvalue weighted by Crippen LogP contribution is -3.00. The topological polar surface area (TPSA) is 9.23 Å². The second kappa shape index (κ2) is 10.4. The molecule has 0 heterocycles. The van der Waals surface area contributed by atoms with E-state index in [1.165, 1.54) is 12.8 Å². The third-order valence-corrected chi connectivity index (χ3v) is 0.846. The molecule has 0 saturated heterocycles. The van der Waals surface area contributed by atoms with Crippen molar-refractivity contribution in [2.24, 2.45) is 0 Å². The van der Waals surface area contributed by atoms with Crippen molar-refractivity contribution in [3.63, 3.8) is 0 Å². The summed E-state index contributed by atoms with van der Waals surface area (Å²) in [5, 5.41) is 0. The molecule has 0 saturated carbocycles. The van der Waals surface area contributed by atoms with Gasteiger partial charge in [-0.05, 0) is 13.3 Å². The maximum absolute atomic E-state index is 5.07. The minimum Gasteiger partial charge on any atom is -1.00 e. The molecule has 0 bridgehead atoms. The monoisotopic (exact) mass is 181 g/mol. The van der Waals surface area contributed by atoms with Gasteiger partial charge in [-0.2, -0.15) is 0 Å². The van der Waals surface area contributed by atoms with Gasteiger partial charge < -0.3 is 21.7 Å². The Morgan fingerprint density at radius 3 is 2.25 bits per heavy atom. The van der Waals surface area contributed by atoms with Crippen molar-refractivity contribution in [1.82, 2.24) is 0 Å². The van der Waals surface area contributed by atoms with Crippen molar-refractivity contribution in [2.75, 3.05) is 13.2 Å². The molecule has 0 N–H and O–H groups in total. The van der Waals surface area contributed by atoms with Crippen LogP contribution in [0.5, 0.6) is 0 Å². The van der Waals surface area contributed by atoms with Crippen molar-refractivity contribution < 1.29 is 21.7 Å². The summed E-state index contributed by atoms with van der Waals surface area (Å²) in [7, 11) is 0. The van der Waals surface area contributed by atoms with Gasteiger partial charge in [-0.3, -0.25) is 0 Å². The molecule has 0 aromatic carbocycles. The quantitative estimate of drug-likeness (QED) is 0.497. The van der Waals surface area contributed by atoms with Gasteiger partial charge in [0.1, 0.15) is 0 Å². The average molecular weight is 182 g/mol. The maximum atomic E-state index is 5.07. The van der Waals surface area contributed by atoms with Crippen LogP contribution in [0.15, 0.2) is 0 Å². The van der Waals surface area contributed by atoms with Gasteiger partial charge in [0.25, 0.3) is 0 Å². The molecule has 0 atom stereocenters. The second-order valence-electron chi connectivity index (χ2n) is 1.55. The van der Waals surface area contributed by atoms with Crippen LogP contribution in [0, 0.1) is 0 Å². The molecule has 0 spiro atoms. The molecule has 0 rings (SSSR count). The third-order valence-electron chi connectivity index (χ3n) is 0.846. The van der Waals surface area contributed by atoms with Gasteiger partial charge in [0.2, 0.25) is 0 Å². The van der Waals surface area contributed by atoms with E-state index in [9.17, 15) is 0 Å². The van der Waals surface area contributed by atoms with E-state index in [0.29, 0.717) is 0 Å². The Morgan fingerprint density at radius 2 is 1.88 bits per heavy atom. The van der Waals surface area contributed by atoms with Gasteiger partial charge >= 0.3 is 0 Å². The molecule has 52 valence electrons. The molecule has 0 aliphatic carbocycles. The van der Waals surface area contributed by atoms with Crippen LogP contribution < -0.4 is 17.0 Å². The summed E-state index contributed by atoms with van der Waals surface area (Å²) in [4.78, 5) is 0. The maximum Gasteiger partial charge on any atom is 0.0465 e. The summed E-state index contributed by atoms with van der Waals surface area (Å²) in [6.45, 7) is 5.99. The lowest BCUT2D eigenvalue weighted by atomic mass is 10.4. The Kier molecular flexibility index (Phi) is 14.7. The summed E-state index contributed by atoms with van der Waals surface area (Å²) in [5.41, 5.74) is 0. The first kappa shape index (κ1) is 11.3. The fourth-order valence-electron chi connectivity index (χ4n) is 0.391. The fraction of sp³-hybridized carbons (Fsp3) is 1.00. The summed E-state index contributed by atoms with van der Waals surface area (Å²) >= 11 is 0. The molecule has 0 amide bonds. The zero-order valence-corrected chi connectivity index (χ0v) is 7.20. The van der Waals surface area contributed by atoms with E-state index in [-0.39, 0.29) is 17.0 Å². The number of hydrogen-bond donors (Lipinski definition) is 0. The van der Waals surface area contributed by atoms with Gasteiger partial charge in [0, 0.05) is 13.2 Å².